The van der Waals surface area contributed by atoms with Crippen LogP contribution in [-0.2, 0) is 4.74 Å². The summed E-state index contributed by atoms with van der Waals surface area (Å²) in [4.78, 5) is 19.5. The Bertz CT molecular complexity index is 891. The molecular formula is C16H15N3O3. The van der Waals surface area contributed by atoms with Gasteiger partial charge in [0.15, 0.2) is 0 Å². The molecule has 22 heavy (non-hydrogen) atoms. The molecule has 1 aliphatic rings. The molecule has 3 heterocycles. The second-order valence-corrected chi connectivity index (χ2v) is 5.56. The highest BCUT2D eigenvalue weighted by Gasteiger charge is 2.24. The van der Waals surface area contributed by atoms with E-state index in [-0.39, 0.29) is 11.7 Å². The third kappa shape index (κ3) is 2.21. The average Bonchev–Trinajstić information content (AvgIpc) is 3.17. The maximum Gasteiger partial charge on any atom is 0.259 e. The largest absolute Gasteiger partial charge is 0.368 e. The van der Waals surface area contributed by atoms with Crippen molar-refractivity contribution >= 4 is 10.9 Å². The van der Waals surface area contributed by atoms with Gasteiger partial charge < -0.3 is 14.2 Å². The molecule has 4 rings (SSSR count). The van der Waals surface area contributed by atoms with Crippen LogP contribution in [0.4, 0.5) is 0 Å². The molecule has 1 N–H and O–H groups in total. The molecule has 0 aliphatic carbocycles. The summed E-state index contributed by atoms with van der Waals surface area (Å²) in [6, 6.07) is 7.69. The summed E-state index contributed by atoms with van der Waals surface area (Å²) in [7, 11) is 0. The number of nitrogens with one attached hydrogen (secondary N) is 1. The van der Waals surface area contributed by atoms with E-state index in [1.54, 1.807) is 6.07 Å². The van der Waals surface area contributed by atoms with Crippen LogP contribution >= 0.6 is 0 Å². The van der Waals surface area contributed by atoms with Gasteiger partial charge in [0.25, 0.3) is 11.4 Å². The van der Waals surface area contributed by atoms with E-state index >= 15 is 0 Å². The number of aromatic amines is 1. The monoisotopic (exact) mass is 297 g/mol. The summed E-state index contributed by atoms with van der Waals surface area (Å²) in [5.74, 6) is 0.741. The van der Waals surface area contributed by atoms with Gasteiger partial charge in [-0.05, 0) is 42.8 Å². The average molecular weight is 297 g/mol. The molecule has 3 aromatic rings. The van der Waals surface area contributed by atoms with E-state index in [4.69, 9.17) is 9.26 Å². The van der Waals surface area contributed by atoms with Gasteiger partial charge in [0.05, 0.1) is 5.56 Å². The lowest BCUT2D eigenvalue weighted by Gasteiger charge is -2.02. The van der Waals surface area contributed by atoms with Gasteiger partial charge in [0.2, 0.25) is 5.82 Å². The number of aromatic nitrogens is 3. The van der Waals surface area contributed by atoms with Crippen LogP contribution in [0, 0.1) is 6.92 Å². The number of hydrogen-bond acceptors (Lipinski definition) is 5. The van der Waals surface area contributed by atoms with Crippen molar-refractivity contribution in [1.82, 2.24) is 15.1 Å². The maximum absolute atomic E-state index is 12.3. The molecule has 112 valence electrons. The Kier molecular flexibility index (Phi) is 3.04. The Labute approximate surface area is 126 Å². The summed E-state index contributed by atoms with van der Waals surface area (Å²) in [5.41, 5.74) is 2.08. The lowest BCUT2D eigenvalue weighted by Crippen LogP contribution is -2.09. The molecule has 1 atom stereocenters. The summed E-state index contributed by atoms with van der Waals surface area (Å²) in [6.45, 7) is 2.69. The second-order valence-electron chi connectivity index (χ2n) is 5.56. The molecule has 0 spiro atoms. The lowest BCUT2D eigenvalue weighted by molar-refractivity contribution is 0.0835. The SMILES string of the molecule is Cc1ccc2cc(-c3noc(C4CCCO4)n3)c(=O)[nH]c2c1. The minimum atomic E-state index is -0.224. The normalized spacial score (nSPS) is 18.1. The first-order valence-electron chi connectivity index (χ1n) is 7.30. The first-order chi connectivity index (χ1) is 10.7. The molecule has 6 nitrogen and oxygen atoms in total. The Morgan fingerprint density at radius 2 is 2.23 bits per heavy atom. The fraction of sp³-hybridized carbons (Fsp3) is 0.312. The summed E-state index contributed by atoms with van der Waals surface area (Å²) in [6.07, 6.45) is 1.70. The second kappa shape index (κ2) is 5.06. The number of fused-ring (bicyclic) bond motifs is 1. The van der Waals surface area contributed by atoms with Gasteiger partial charge in [-0.2, -0.15) is 4.98 Å². The molecule has 1 aliphatic heterocycles. The van der Waals surface area contributed by atoms with Gasteiger partial charge in [-0.25, -0.2) is 0 Å². The van der Waals surface area contributed by atoms with E-state index in [0.29, 0.717) is 23.9 Å². The van der Waals surface area contributed by atoms with Gasteiger partial charge in [-0.3, -0.25) is 4.79 Å². The number of pyridine rings is 1. The van der Waals surface area contributed by atoms with Crippen LogP contribution in [0.15, 0.2) is 33.6 Å². The van der Waals surface area contributed by atoms with Crippen LogP contribution in [0.2, 0.25) is 0 Å². The number of nitrogens with zero attached hydrogens (tertiary/aromatic N) is 2. The summed E-state index contributed by atoms with van der Waals surface area (Å²) >= 11 is 0. The number of hydrogen-bond donors (Lipinski definition) is 1. The molecule has 0 saturated carbocycles. The third-order valence-corrected chi connectivity index (χ3v) is 3.89. The molecule has 0 bridgehead atoms. The maximum atomic E-state index is 12.3. The fourth-order valence-electron chi connectivity index (χ4n) is 2.73. The highest BCUT2D eigenvalue weighted by molar-refractivity contribution is 5.82. The van der Waals surface area contributed by atoms with Crippen molar-refractivity contribution in [1.29, 1.82) is 0 Å². The van der Waals surface area contributed by atoms with Crippen LogP contribution in [0.1, 0.15) is 30.4 Å². The van der Waals surface area contributed by atoms with Crippen molar-refractivity contribution in [3.8, 4) is 11.4 Å². The Morgan fingerprint density at radius 1 is 1.32 bits per heavy atom. The standard InChI is InChI=1S/C16H15N3O3/c1-9-4-5-10-8-11(15(20)17-12(10)7-9)14-18-16(22-19-14)13-3-2-6-21-13/h4-5,7-8,13H,2-3,6H2,1H3,(H,17,20). The van der Waals surface area contributed by atoms with Crippen molar-refractivity contribution in [2.24, 2.45) is 0 Å². The van der Waals surface area contributed by atoms with Gasteiger partial charge in [0, 0.05) is 12.1 Å². The summed E-state index contributed by atoms with van der Waals surface area (Å²) < 4.78 is 10.8. The number of rotatable bonds is 2. The first kappa shape index (κ1) is 13.2. The topological polar surface area (TPSA) is 81.0 Å². The van der Waals surface area contributed by atoms with Gasteiger partial charge in [-0.1, -0.05) is 17.3 Å². The number of ether oxygens (including phenoxy) is 1. The first-order valence-corrected chi connectivity index (χ1v) is 7.30. The molecular weight excluding hydrogens is 282 g/mol. The van der Waals surface area contributed by atoms with Crippen LogP contribution < -0.4 is 5.56 Å². The molecule has 2 aromatic heterocycles. The van der Waals surface area contributed by atoms with E-state index in [0.717, 1.165) is 29.3 Å². The zero-order valence-corrected chi connectivity index (χ0v) is 12.1. The van der Waals surface area contributed by atoms with E-state index < -0.39 is 0 Å². The van der Waals surface area contributed by atoms with Crippen molar-refractivity contribution in [2.75, 3.05) is 6.61 Å². The van der Waals surface area contributed by atoms with Crippen molar-refractivity contribution in [2.45, 2.75) is 25.9 Å². The quantitative estimate of drug-likeness (QED) is 0.786. The van der Waals surface area contributed by atoms with Crippen LogP contribution in [0.5, 0.6) is 0 Å². The predicted octanol–water partition coefficient (Wildman–Crippen LogP) is 2.74. The zero-order valence-electron chi connectivity index (χ0n) is 12.1. The van der Waals surface area contributed by atoms with Crippen LogP contribution in [0.25, 0.3) is 22.3 Å². The van der Waals surface area contributed by atoms with Gasteiger partial charge >= 0.3 is 0 Å². The Hall–Kier alpha value is -2.47. The molecule has 6 heteroatoms. The Morgan fingerprint density at radius 3 is 3.05 bits per heavy atom. The number of benzene rings is 1. The zero-order chi connectivity index (χ0) is 15.1. The highest BCUT2D eigenvalue weighted by Crippen LogP contribution is 2.28. The highest BCUT2D eigenvalue weighted by atomic mass is 16.5. The van der Waals surface area contributed by atoms with E-state index in [1.807, 2.05) is 25.1 Å². The molecule has 0 radical (unpaired) electrons. The predicted molar refractivity (Wildman–Crippen MR) is 80.5 cm³/mol. The molecule has 1 aromatic carbocycles. The lowest BCUT2D eigenvalue weighted by atomic mass is 10.1. The Balaban J connectivity index is 1.78. The van der Waals surface area contributed by atoms with E-state index in [9.17, 15) is 4.79 Å². The fourth-order valence-corrected chi connectivity index (χ4v) is 2.73. The van der Waals surface area contributed by atoms with Crippen molar-refractivity contribution in [3.05, 3.63) is 46.1 Å². The molecule has 1 saturated heterocycles. The van der Waals surface area contributed by atoms with Crippen molar-refractivity contribution in [3.63, 3.8) is 0 Å². The minimum Gasteiger partial charge on any atom is -0.368 e. The summed E-state index contributed by atoms with van der Waals surface area (Å²) in [5, 5.41) is 4.86. The van der Waals surface area contributed by atoms with Crippen molar-refractivity contribution < 1.29 is 9.26 Å². The van der Waals surface area contributed by atoms with E-state index in [1.165, 1.54) is 0 Å². The number of H-pyrrole nitrogens is 1. The van der Waals surface area contributed by atoms with Crippen LogP contribution in [-0.4, -0.2) is 21.7 Å². The smallest absolute Gasteiger partial charge is 0.259 e. The molecule has 0 amide bonds. The third-order valence-electron chi connectivity index (χ3n) is 3.89. The van der Waals surface area contributed by atoms with Crippen LogP contribution in [0.3, 0.4) is 0 Å². The molecule has 1 fully saturated rings. The minimum absolute atomic E-state index is 0.150. The van der Waals surface area contributed by atoms with Gasteiger partial charge in [0.1, 0.15) is 6.10 Å². The number of aryl methyl sites for hydroxylation is 1. The molecule has 1 unspecified atom stereocenters. The van der Waals surface area contributed by atoms with Gasteiger partial charge in [-0.15, -0.1) is 0 Å². The van der Waals surface area contributed by atoms with E-state index in [2.05, 4.69) is 15.1 Å².